The minimum atomic E-state index is 0.944. The second-order valence-corrected chi connectivity index (χ2v) is 4.44. The first kappa shape index (κ1) is 13.9. The Morgan fingerprint density at radius 1 is 1.10 bits per heavy atom. The molecule has 0 N–H and O–H groups in total. The van der Waals surface area contributed by atoms with Gasteiger partial charge in [-0.05, 0) is 25.1 Å². The third-order valence-electron chi connectivity index (χ3n) is 3.22. The van der Waals surface area contributed by atoms with Crippen molar-refractivity contribution in [1.82, 2.24) is 4.57 Å². The van der Waals surface area contributed by atoms with Gasteiger partial charge >= 0.3 is 0 Å². The molecular weight excluding hydrogens is 242 g/mol. The summed E-state index contributed by atoms with van der Waals surface area (Å²) >= 11 is 0. The van der Waals surface area contributed by atoms with Crippen LogP contribution in [0.5, 0.6) is 0 Å². The first-order chi connectivity index (χ1) is 9.74. The van der Waals surface area contributed by atoms with Crippen molar-refractivity contribution in [3.8, 4) is 5.69 Å². The standard InChI is InChI=1S/C19H19N/c1-5-11-18-15(4)20(16-13-9-8-10-14-16)19(12-6-2)17(18)7-3/h5-14H,1,3-4H2,2H3/b12-6-,18-11+. The quantitative estimate of drug-likeness (QED) is 0.793. The fraction of sp³-hybridized carbons (Fsp3) is 0.0526. The van der Waals surface area contributed by atoms with E-state index in [-0.39, 0.29) is 0 Å². The average molecular weight is 261 g/mol. The Labute approximate surface area is 120 Å². The number of para-hydroxylation sites is 1. The summed E-state index contributed by atoms with van der Waals surface area (Å²) in [5.74, 6) is 0. The van der Waals surface area contributed by atoms with E-state index >= 15 is 0 Å². The molecule has 0 spiro atoms. The van der Waals surface area contributed by atoms with Crippen LogP contribution in [0.4, 0.5) is 0 Å². The zero-order valence-electron chi connectivity index (χ0n) is 11.8. The van der Waals surface area contributed by atoms with Crippen LogP contribution in [0.2, 0.25) is 0 Å². The summed E-state index contributed by atoms with van der Waals surface area (Å²) in [5.41, 5.74) is 3.26. The van der Waals surface area contributed by atoms with Crippen LogP contribution >= 0.6 is 0 Å². The van der Waals surface area contributed by atoms with E-state index < -0.39 is 0 Å². The Morgan fingerprint density at radius 2 is 1.80 bits per heavy atom. The van der Waals surface area contributed by atoms with Crippen molar-refractivity contribution >= 4 is 24.8 Å². The molecule has 0 fully saturated rings. The summed E-state index contributed by atoms with van der Waals surface area (Å²) in [6.07, 6.45) is 9.74. The molecule has 2 aromatic rings. The Bertz CT molecular complexity index is 758. The summed E-state index contributed by atoms with van der Waals surface area (Å²) < 4.78 is 2.15. The van der Waals surface area contributed by atoms with Gasteiger partial charge in [-0.2, -0.15) is 0 Å². The average Bonchev–Trinajstić information content (AvgIpc) is 2.73. The number of allylic oxidation sites excluding steroid dienone is 2. The van der Waals surface area contributed by atoms with E-state index in [0.29, 0.717) is 0 Å². The molecule has 1 heteroatoms. The van der Waals surface area contributed by atoms with Gasteiger partial charge in [-0.15, -0.1) is 0 Å². The van der Waals surface area contributed by atoms with Crippen LogP contribution < -0.4 is 10.6 Å². The third-order valence-corrected chi connectivity index (χ3v) is 3.22. The highest BCUT2D eigenvalue weighted by atomic mass is 15.0. The van der Waals surface area contributed by atoms with Crippen LogP contribution in [0.15, 0.2) is 55.6 Å². The molecule has 0 aliphatic heterocycles. The highest BCUT2D eigenvalue weighted by Crippen LogP contribution is 2.14. The largest absolute Gasteiger partial charge is 0.310 e. The van der Waals surface area contributed by atoms with E-state index in [9.17, 15) is 0 Å². The van der Waals surface area contributed by atoms with Gasteiger partial charge in [0.25, 0.3) is 0 Å². The maximum atomic E-state index is 4.23. The van der Waals surface area contributed by atoms with Gasteiger partial charge in [0.1, 0.15) is 0 Å². The summed E-state index contributed by atoms with van der Waals surface area (Å²) in [4.78, 5) is 0. The molecule has 0 atom stereocenters. The normalized spacial score (nSPS) is 11.9. The molecule has 1 aromatic carbocycles. The maximum absolute atomic E-state index is 4.23. The molecule has 0 aliphatic carbocycles. The van der Waals surface area contributed by atoms with Crippen molar-refractivity contribution in [1.29, 1.82) is 0 Å². The molecule has 0 unspecified atom stereocenters. The number of hydrogen-bond donors (Lipinski definition) is 0. The van der Waals surface area contributed by atoms with Gasteiger partial charge < -0.3 is 4.57 Å². The van der Waals surface area contributed by atoms with Crippen molar-refractivity contribution in [2.45, 2.75) is 6.92 Å². The maximum Gasteiger partial charge on any atom is 0.0537 e. The SMILES string of the molecule is C=C/C=c1/c(C=C)c(/C=C\C)n(-c2ccccc2)c1=C. The molecule has 0 aliphatic rings. The Kier molecular flexibility index (Phi) is 4.21. The van der Waals surface area contributed by atoms with Crippen LogP contribution in [0.3, 0.4) is 0 Å². The fourth-order valence-corrected chi connectivity index (χ4v) is 2.39. The van der Waals surface area contributed by atoms with Gasteiger partial charge in [-0.1, -0.05) is 62.2 Å². The number of benzene rings is 1. The molecule has 0 bridgehead atoms. The number of hydrogen-bond acceptors (Lipinski definition) is 0. The molecule has 20 heavy (non-hydrogen) atoms. The van der Waals surface area contributed by atoms with E-state index in [0.717, 1.165) is 27.5 Å². The zero-order chi connectivity index (χ0) is 14.5. The lowest BCUT2D eigenvalue weighted by Gasteiger charge is -2.07. The van der Waals surface area contributed by atoms with Crippen LogP contribution in [-0.4, -0.2) is 4.57 Å². The van der Waals surface area contributed by atoms with Gasteiger partial charge in [0.15, 0.2) is 0 Å². The lowest BCUT2D eigenvalue weighted by Crippen LogP contribution is -2.27. The summed E-state index contributed by atoms with van der Waals surface area (Å²) in [6, 6.07) is 10.2. The van der Waals surface area contributed by atoms with Crippen molar-refractivity contribution in [3.63, 3.8) is 0 Å². The molecule has 1 aromatic heterocycles. The summed E-state index contributed by atoms with van der Waals surface area (Å²) in [6.45, 7) is 14.0. The van der Waals surface area contributed by atoms with Crippen LogP contribution in [0.25, 0.3) is 30.5 Å². The molecule has 0 saturated carbocycles. The first-order valence-corrected chi connectivity index (χ1v) is 6.61. The van der Waals surface area contributed by atoms with E-state index in [1.807, 2.05) is 43.4 Å². The van der Waals surface area contributed by atoms with Crippen molar-refractivity contribution in [2.75, 3.05) is 0 Å². The monoisotopic (exact) mass is 261 g/mol. The second kappa shape index (κ2) is 6.07. The molecule has 100 valence electrons. The molecule has 0 radical (unpaired) electrons. The minimum absolute atomic E-state index is 0.944. The van der Waals surface area contributed by atoms with Crippen molar-refractivity contribution < 1.29 is 0 Å². The Hall–Kier alpha value is -2.54. The van der Waals surface area contributed by atoms with Crippen molar-refractivity contribution in [2.24, 2.45) is 0 Å². The van der Waals surface area contributed by atoms with E-state index in [2.05, 4.69) is 42.5 Å². The van der Waals surface area contributed by atoms with Crippen LogP contribution in [0, 0.1) is 0 Å². The van der Waals surface area contributed by atoms with Gasteiger partial charge in [0.05, 0.1) is 5.69 Å². The van der Waals surface area contributed by atoms with Gasteiger partial charge in [0.2, 0.25) is 0 Å². The number of nitrogens with zero attached hydrogens (tertiary/aromatic N) is 1. The van der Waals surface area contributed by atoms with E-state index in [1.165, 1.54) is 0 Å². The van der Waals surface area contributed by atoms with Crippen LogP contribution in [0.1, 0.15) is 18.2 Å². The molecule has 0 saturated heterocycles. The topological polar surface area (TPSA) is 4.93 Å². The second-order valence-electron chi connectivity index (χ2n) is 4.44. The number of aromatic nitrogens is 1. The smallest absolute Gasteiger partial charge is 0.0537 e. The molecule has 2 rings (SSSR count). The Balaban J connectivity index is 2.94. The van der Waals surface area contributed by atoms with E-state index in [4.69, 9.17) is 0 Å². The third kappa shape index (κ3) is 2.30. The highest BCUT2D eigenvalue weighted by Gasteiger charge is 2.10. The molecule has 0 amide bonds. The zero-order valence-corrected chi connectivity index (χ0v) is 11.8. The van der Waals surface area contributed by atoms with E-state index in [1.54, 1.807) is 6.08 Å². The van der Waals surface area contributed by atoms with Gasteiger partial charge in [-0.25, -0.2) is 0 Å². The Morgan fingerprint density at radius 3 is 2.35 bits per heavy atom. The lowest BCUT2D eigenvalue weighted by atomic mass is 10.1. The van der Waals surface area contributed by atoms with Crippen LogP contribution in [-0.2, 0) is 0 Å². The fourth-order valence-electron chi connectivity index (χ4n) is 2.39. The predicted molar refractivity (Wildman–Crippen MR) is 90.0 cm³/mol. The molecule has 1 heterocycles. The van der Waals surface area contributed by atoms with Crippen molar-refractivity contribution in [3.05, 3.63) is 77.5 Å². The minimum Gasteiger partial charge on any atom is -0.310 e. The highest BCUT2D eigenvalue weighted by molar-refractivity contribution is 5.67. The predicted octanol–water partition coefficient (Wildman–Crippen LogP) is 3.53. The number of rotatable bonds is 4. The first-order valence-electron chi connectivity index (χ1n) is 6.61. The molecule has 1 nitrogen and oxygen atoms in total. The summed E-state index contributed by atoms with van der Waals surface area (Å²) in [5, 5.41) is 2.01. The van der Waals surface area contributed by atoms with Gasteiger partial charge in [-0.3, -0.25) is 0 Å². The lowest BCUT2D eigenvalue weighted by molar-refractivity contribution is 1.02. The van der Waals surface area contributed by atoms with Gasteiger partial charge in [0, 0.05) is 21.8 Å². The summed E-state index contributed by atoms with van der Waals surface area (Å²) in [7, 11) is 0. The molecular formula is C19H19N.